The molecule has 0 saturated heterocycles. The molecule has 11 nitrogen and oxygen atoms in total. The molecule has 1 aromatic rings. The van der Waals surface area contributed by atoms with Gasteiger partial charge in [-0.25, -0.2) is 4.99 Å². The lowest BCUT2D eigenvalue weighted by atomic mass is 9.76. The number of carbonyl (C=O) groups is 3. The van der Waals surface area contributed by atoms with Crippen LogP contribution in [0.15, 0.2) is 46.5 Å². The fourth-order valence-electron chi connectivity index (χ4n) is 6.31. The molecule has 1 aliphatic carbocycles. The molecular weight excluding hydrogens is 594 g/mol. The number of ketones is 2. The fraction of sp³-hybridized carbons (Fsp3) is 0.543. The minimum Gasteiger partial charge on any atom is -0.507 e. The van der Waals surface area contributed by atoms with Crippen molar-refractivity contribution in [3.05, 3.63) is 57.7 Å². The molecule has 0 aromatic heterocycles. The first-order chi connectivity index (χ1) is 21.3. The Morgan fingerprint density at radius 2 is 1.24 bits per heavy atom. The molecule has 0 saturated carbocycles. The highest BCUT2D eigenvalue weighted by molar-refractivity contribution is 6.46. The molecule has 4 bridgehead atoms. The van der Waals surface area contributed by atoms with Crippen LogP contribution < -0.4 is 10.6 Å². The van der Waals surface area contributed by atoms with E-state index in [1.807, 2.05) is 0 Å². The number of Topliss-reactive ketones (excluding diaryl/α,β-unsaturated/α-hetero) is 2. The van der Waals surface area contributed by atoms with Gasteiger partial charge in [0.25, 0.3) is 5.91 Å². The minimum atomic E-state index is -1.62. The number of rotatable bonds is 0. The quantitative estimate of drug-likeness (QED) is 0.202. The molecular formula is C35H47NO10. The lowest BCUT2D eigenvalue weighted by Gasteiger charge is -2.36. The first-order valence-electron chi connectivity index (χ1n) is 15.6. The Hall–Kier alpha value is -3.48. The number of aliphatic hydroxyl groups is 5. The molecule has 252 valence electrons. The van der Waals surface area contributed by atoms with E-state index in [0.717, 1.165) is 6.07 Å². The maximum atomic E-state index is 13.8. The summed E-state index contributed by atoms with van der Waals surface area (Å²) in [7, 11) is 0. The van der Waals surface area contributed by atoms with Crippen molar-refractivity contribution in [1.82, 2.24) is 0 Å². The summed E-state index contributed by atoms with van der Waals surface area (Å²) in [5.74, 6) is -8.29. The summed E-state index contributed by atoms with van der Waals surface area (Å²) in [6, 6.07) is 0.939. The van der Waals surface area contributed by atoms with Gasteiger partial charge in [-0.2, -0.15) is 0 Å². The lowest BCUT2D eigenvalue weighted by Crippen LogP contribution is -2.45. The number of nitrogens with zero attached hydrogens (tertiary/aromatic N) is 1. The third-order valence-corrected chi connectivity index (χ3v) is 9.70. The Balaban J connectivity index is 2.30. The van der Waals surface area contributed by atoms with Crippen LogP contribution in [-0.2, 0) is 14.4 Å². The van der Waals surface area contributed by atoms with E-state index in [2.05, 4.69) is 4.99 Å². The van der Waals surface area contributed by atoms with Crippen molar-refractivity contribution in [2.45, 2.75) is 85.9 Å². The van der Waals surface area contributed by atoms with E-state index in [4.69, 9.17) is 0 Å². The molecule has 0 spiro atoms. The van der Waals surface area contributed by atoms with Gasteiger partial charge in [-0.05, 0) is 19.4 Å². The summed E-state index contributed by atoms with van der Waals surface area (Å²) in [6.07, 6.45) is -0.146. The molecule has 7 N–H and O–H groups in total. The third-order valence-electron chi connectivity index (χ3n) is 9.70. The first-order valence-corrected chi connectivity index (χ1v) is 15.6. The number of phenolic OH excluding ortho intramolecular Hbond substituents is 2. The van der Waals surface area contributed by atoms with E-state index in [9.17, 15) is 50.1 Å². The van der Waals surface area contributed by atoms with Gasteiger partial charge < -0.3 is 35.7 Å². The number of benzene rings is 1. The highest BCUT2D eigenvalue weighted by Crippen LogP contribution is 2.35. The van der Waals surface area contributed by atoms with E-state index < -0.39 is 101 Å². The topological polar surface area (TPSA) is 205 Å². The van der Waals surface area contributed by atoms with Crippen LogP contribution in [0.2, 0.25) is 0 Å². The number of amides is 1. The van der Waals surface area contributed by atoms with Gasteiger partial charge in [0.15, 0.2) is 11.6 Å². The molecule has 1 amide bonds. The maximum Gasteiger partial charge on any atom is 0.273 e. The Morgan fingerprint density at radius 3 is 1.80 bits per heavy atom. The molecule has 2 unspecified atom stereocenters. The van der Waals surface area contributed by atoms with Crippen molar-refractivity contribution in [2.75, 3.05) is 0 Å². The van der Waals surface area contributed by atoms with Crippen molar-refractivity contribution in [1.29, 1.82) is 0 Å². The van der Waals surface area contributed by atoms with Gasteiger partial charge in [-0.1, -0.05) is 65.8 Å². The molecule has 1 aromatic carbocycles. The zero-order chi connectivity index (χ0) is 34.9. The fourth-order valence-corrected chi connectivity index (χ4v) is 6.31. The van der Waals surface area contributed by atoms with Gasteiger partial charge in [0.1, 0.15) is 16.9 Å². The number of hydrogen-bond acceptors (Lipinski definition) is 10. The smallest absolute Gasteiger partial charge is 0.273 e. The number of fused-ring (bicyclic) bond motifs is 15. The summed E-state index contributed by atoms with van der Waals surface area (Å²) in [4.78, 5) is 44.0. The average molecular weight is 642 g/mol. The van der Waals surface area contributed by atoms with E-state index in [0.29, 0.717) is 0 Å². The van der Waals surface area contributed by atoms with Gasteiger partial charge in [-0.3, -0.25) is 14.4 Å². The molecule has 0 fully saturated rings. The van der Waals surface area contributed by atoms with Crippen molar-refractivity contribution in [2.24, 2.45) is 40.5 Å². The molecule has 3 aliphatic rings. The largest absolute Gasteiger partial charge is 0.507 e. The highest BCUT2D eigenvalue weighted by Gasteiger charge is 2.40. The molecule has 46 heavy (non-hydrogen) atoms. The summed E-state index contributed by atoms with van der Waals surface area (Å²) >= 11 is 0. The Labute approximate surface area is 268 Å². The maximum absolute atomic E-state index is 13.8. The van der Waals surface area contributed by atoms with Crippen LogP contribution >= 0.6 is 0 Å². The second kappa shape index (κ2) is 14.5. The first kappa shape index (κ1) is 37.0. The normalized spacial score (nSPS) is 38.4. The van der Waals surface area contributed by atoms with Crippen LogP contribution in [0, 0.1) is 35.5 Å². The van der Waals surface area contributed by atoms with Crippen LogP contribution in [-0.4, -0.2) is 77.6 Å². The van der Waals surface area contributed by atoms with Gasteiger partial charge >= 0.3 is 0 Å². The van der Waals surface area contributed by atoms with Crippen molar-refractivity contribution >= 4 is 23.0 Å². The second-order valence-corrected chi connectivity index (χ2v) is 13.1. The minimum absolute atomic E-state index is 0.0273. The molecule has 0 radical (unpaired) electrons. The van der Waals surface area contributed by atoms with Crippen LogP contribution in [0.3, 0.4) is 0 Å². The zero-order valence-electron chi connectivity index (χ0n) is 27.5. The molecule has 11 heteroatoms. The van der Waals surface area contributed by atoms with E-state index >= 15 is 0 Å². The summed E-state index contributed by atoms with van der Waals surface area (Å²) in [5, 5.41) is 76.7. The predicted molar refractivity (Wildman–Crippen MR) is 170 cm³/mol. The van der Waals surface area contributed by atoms with Gasteiger partial charge in [0, 0.05) is 52.0 Å². The second-order valence-electron chi connectivity index (χ2n) is 13.1. The number of aromatic hydroxyl groups is 2. The molecule has 2 heterocycles. The predicted octanol–water partition coefficient (Wildman–Crippen LogP) is 1.30. The summed E-state index contributed by atoms with van der Waals surface area (Å²) in [6.45, 7) is 12.5. The molecule has 11 atom stereocenters. The average Bonchev–Trinajstić information content (AvgIpc) is 3.02. The third kappa shape index (κ3) is 7.08. The number of aliphatic hydroxyl groups excluding tert-OH is 5. The van der Waals surface area contributed by atoms with E-state index in [1.165, 1.54) is 39.0 Å². The molecule has 2 aliphatic heterocycles. The van der Waals surface area contributed by atoms with Crippen molar-refractivity contribution < 1.29 is 50.1 Å². The number of carbonyl (C=O) groups excluding carboxylic acids is 3. The van der Waals surface area contributed by atoms with Crippen molar-refractivity contribution in [3.63, 3.8) is 0 Å². The monoisotopic (exact) mass is 641 g/mol. The lowest BCUT2D eigenvalue weighted by molar-refractivity contribution is -0.122. The van der Waals surface area contributed by atoms with E-state index in [-0.39, 0.29) is 27.3 Å². The Morgan fingerprint density at radius 1 is 0.717 bits per heavy atom. The highest BCUT2D eigenvalue weighted by atomic mass is 16.3. The van der Waals surface area contributed by atoms with Gasteiger partial charge in [-0.15, -0.1) is 0 Å². The summed E-state index contributed by atoms with van der Waals surface area (Å²) < 4.78 is 0. The van der Waals surface area contributed by atoms with Gasteiger partial charge in [0.2, 0.25) is 0 Å². The number of hydrogen-bond donors (Lipinski definition) is 7. The van der Waals surface area contributed by atoms with Crippen LogP contribution in [0.5, 0.6) is 11.5 Å². The molecule has 4 rings (SSSR count). The summed E-state index contributed by atoms with van der Waals surface area (Å²) in [5.41, 5.74) is -0.629. The van der Waals surface area contributed by atoms with Crippen LogP contribution in [0.4, 0.5) is 0 Å². The Kier molecular flexibility index (Phi) is 11.7. The van der Waals surface area contributed by atoms with Crippen LogP contribution in [0.1, 0.15) is 67.1 Å². The Bertz CT molecular complexity index is 1590. The number of phenols is 2. The van der Waals surface area contributed by atoms with E-state index in [1.54, 1.807) is 40.7 Å². The van der Waals surface area contributed by atoms with Gasteiger partial charge in [0.05, 0.1) is 42.0 Å². The zero-order valence-corrected chi connectivity index (χ0v) is 27.5. The van der Waals surface area contributed by atoms with Crippen LogP contribution in [0.25, 0.3) is 5.57 Å². The SMILES string of the molecule is C/C1=C/C=C/[C@H](C)[C@H](O)[C@@H](C)[C@@H](O)[C@@H](C)[C@H](O)[C@H](C)[C@@H](O)[C@@H](C)/C=C(\C)C(=O)C2=c3c(O)cc(c(O)c3C(O)C(C)C2=O)=NC1=O. The number of allylic oxidation sites excluding steroid dienone is 3. The standard InChI is InChI=1S/C35H47NO10/c1-14-10-9-11-15(2)35(46)36-22-13-23(37)24-25(32(43)21(8)33(44)26(24)34(22)45)29(40)17(4)12-16(3)28(39)19(6)31(42)20(7)30(41)18(5)27(14)38/h9-14,16,18-21,27-28,30-31,33,37-39,41-42,44-45H,1-8H3/b10-9+,15-11-,17-12+,36-22?/t14-,16-,18+,19+,20+,21?,27-,28-,30+,31+,33?/m0/s1. The van der Waals surface area contributed by atoms with Crippen molar-refractivity contribution in [3.8, 4) is 11.5 Å².